The van der Waals surface area contributed by atoms with Gasteiger partial charge in [-0.05, 0) is 26.8 Å². The second-order valence-corrected chi connectivity index (χ2v) is 7.14. The predicted octanol–water partition coefficient (Wildman–Crippen LogP) is 1.86. The smallest absolute Gasteiger partial charge is 0.124 e. The van der Waals surface area contributed by atoms with E-state index in [4.69, 9.17) is 10.5 Å². The van der Waals surface area contributed by atoms with Crippen molar-refractivity contribution >= 4 is 0 Å². The summed E-state index contributed by atoms with van der Waals surface area (Å²) in [5.74, 6) is 0.953. The highest BCUT2D eigenvalue weighted by molar-refractivity contribution is 5.38. The van der Waals surface area contributed by atoms with E-state index >= 15 is 0 Å². The van der Waals surface area contributed by atoms with Crippen molar-refractivity contribution in [3.63, 3.8) is 0 Å². The number of nitrogens with two attached hydrogens (primary N) is 1. The van der Waals surface area contributed by atoms with Crippen LogP contribution in [-0.4, -0.2) is 54.2 Å². The molecule has 3 rings (SSSR count). The molecule has 2 N–H and O–H groups in total. The summed E-state index contributed by atoms with van der Waals surface area (Å²) in [6.07, 6.45) is 0. The van der Waals surface area contributed by atoms with Gasteiger partial charge >= 0.3 is 0 Å². The van der Waals surface area contributed by atoms with Crippen LogP contribution in [-0.2, 0) is 0 Å². The molecule has 1 aromatic rings. The highest BCUT2D eigenvalue weighted by atomic mass is 16.5. The Kier molecular flexibility index (Phi) is 3.95. The Hall–Kier alpha value is -1.10. The summed E-state index contributed by atoms with van der Waals surface area (Å²) in [4.78, 5) is 5.05. The lowest BCUT2D eigenvalue weighted by Crippen LogP contribution is -2.59. The fourth-order valence-electron chi connectivity index (χ4n) is 3.43. The van der Waals surface area contributed by atoms with Crippen LogP contribution in [0.3, 0.4) is 0 Å². The van der Waals surface area contributed by atoms with Crippen molar-refractivity contribution in [2.45, 2.75) is 38.4 Å². The first-order valence-corrected chi connectivity index (χ1v) is 7.93. The predicted molar refractivity (Wildman–Crippen MR) is 85.6 cm³/mol. The molecule has 0 radical (unpaired) electrons. The third-order valence-electron chi connectivity index (χ3n) is 4.83. The SMILES string of the molecule is CC(C)(C)N1CCN(C2COc3ccccc3C2N)CC1. The molecule has 0 aromatic heterocycles. The monoisotopic (exact) mass is 289 g/mol. The highest BCUT2D eigenvalue weighted by Gasteiger charge is 2.35. The van der Waals surface area contributed by atoms with Crippen molar-refractivity contribution in [1.82, 2.24) is 9.80 Å². The van der Waals surface area contributed by atoms with E-state index in [0.29, 0.717) is 12.6 Å². The molecule has 4 heteroatoms. The van der Waals surface area contributed by atoms with Crippen molar-refractivity contribution in [3.05, 3.63) is 29.8 Å². The largest absolute Gasteiger partial charge is 0.492 e. The van der Waals surface area contributed by atoms with Crippen LogP contribution in [0.2, 0.25) is 0 Å². The molecule has 0 bridgehead atoms. The van der Waals surface area contributed by atoms with E-state index in [0.717, 1.165) is 37.5 Å². The third-order valence-corrected chi connectivity index (χ3v) is 4.83. The standard InChI is InChI=1S/C17H27N3O/c1-17(2,3)20-10-8-19(9-11-20)14-12-21-15-7-5-4-6-13(15)16(14)18/h4-7,14,16H,8-12,18H2,1-3H3. The maximum atomic E-state index is 6.51. The Morgan fingerprint density at radius 2 is 1.76 bits per heavy atom. The number of nitrogens with zero attached hydrogens (tertiary/aromatic N) is 2. The summed E-state index contributed by atoms with van der Waals surface area (Å²) in [5, 5.41) is 0. The Morgan fingerprint density at radius 1 is 1.10 bits per heavy atom. The van der Waals surface area contributed by atoms with Gasteiger partial charge in [0.05, 0.1) is 12.1 Å². The van der Waals surface area contributed by atoms with Gasteiger partial charge < -0.3 is 10.5 Å². The van der Waals surface area contributed by atoms with Crippen molar-refractivity contribution < 1.29 is 4.74 Å². The summed E-state index contributed by atoms with van der Waals surface area (Å²) < 4.78 is 5.92. The Balaban J connectivity index is 1.67. The zero-order valence-electron chi connectivity index (χ0n) is 13.4. The van der Waals surface area contributed by atoms with Gasteiger partial charge in [0.2, 0.25) is 0 Å². The van der Waals surface area contributed by atoms with Gasteiger partial charge in [0.15, 0.2) is 0 Å². The van der Waals surface area contributed by atoms with Gasteiger partial charge in [-0.25, -0.2) is 0 Å². The Morgan fingerprint density at radius 3 is 2.43 bits per heavy atom. The van der Waals surface area contributed by atoms with Crippen LogP contribution < -0.4 is 10.5 Å². The van der Waals surface area contributed by atoms with E-state index in [1.807, 2.05) is 18.2 Å². The molecular weight excluding hydrogens is 262 g/mol. The lowest BCUT2D eigenvalue weighted by Gasteiger charge is -2.46. The fourth-order valence-corrected chi connectivity index (χ4v) is 3.43. The molecule has 2 unspecified atom stereocenters. The van der Waals surface area contributed by atoms with Gasteiger partial charge in [0, 0.05) is 37.3 Å². The van der Waals surface area contributed by atoms with Crippen LogP contribution in [0.4, 0.5) is 0 Å². The number of benzene rings is 1. The van der Waals surface area contributed by atoms with Gasteiger partial charge in [0.1, 0.15) is 12.4 Å². The van der Waals surface area contributed by atoms with Crippen molar-refractivity contribution in [1.29, 1.82) is 0 Å². The molecule has 0 amide bonds. The van der Waals surface area contributed by atoms with E-state index in [2.05, 4.69) is 36.6 Å². The lowest BCUT2D eigenvalue weighted by atomic mass is 9.95. The van der Waals surface area contributed by atoms with Crippen molar-refractivity contribution in [2.24, 2.45) is 5.73 Å². The van der Waals surface area contributed by atoms with Crippen molar-refractivity contribution in [3.8, 4) is 5.75 Å². The maximum absolute atomic E-state index is 6.51. The molecule has 0 spiro atoms. The first-order valence-electron chi connectivity index (χ1n) is 7.93. The van der Waals surface area contributed by atoms with Crippen LogP contribution in [0, 0.1) is 0 Å². The van der Waals surface area contributed by atoms with Gasteiger partial charge in [-0.2, -0.15) is 0 Å². The zero-order chi connectivity index (χ0) is 15.0. The molecule has 2 heterocycles. The van der Waals surface area contributed by atoms with Crippen LogP contribution in [0.1, 0.15) is 32.4 Å². The summed E-state index contributed by atoms with van der Waals surface area (Å²) in [6.45, 7) is 11.9. The minimum atomic E-state index is 0.0520. The minimum absolute atomic E-state index is 0.0520. The zero-order valence-corrected chi connectivity index (χ0v) is 13.4. The van der Waals surface area contributed by atoms with Crippen molar-refractivity contribution in [2.75, 3.05) is 32.8 Å². The average Bonchev–Trinajstić information content (AvgIpc) is 2.47. The fraction of sp³-hybridized carbons (Fsp3) is 0.647. The number of ether oxygens (including phenoxy) is 1. The number of rotatable bonds is 1. The number of hydrogen-bond donors (Lipinski definition) is 1. The topological polar surface area (TPSA) is 41.7 Å². The van der Waals surface area contributed by atoms with Crippen LogP contribution in [0.15, 0.2) is 24.3 Å². The number of piperazine rings is 1. The van der Waals surface area contributed by atoms with E-state index in [9.17, 15) is 0 Å². The second-order valence-electron chi connectivity index (χ2n) is 7.14. The van der Waals surface area contributed by atoms with Gasteiger partial charge in [-0.15, -0.1) is 0 Å². The lowest BCUT2D eigenvalue weighted by molar-refractivity contribution is 0.0171. The summed E-state index contributed by atoms with van der Waals surface area (Å²) in [7, 11) is 0. The highest BCUT2D eigenvalue weighted by Crippen LogP contribution is 2.33. The Labute approximate surface area is 127 Å². The summed E-state index contributed by atoms with van der Waals surface area (Å²) in [6, 6.07) is 8.51. The number of hydrogen-bond acceptors (Lipinski definition) is 4. The first kappa shape index (κ1) is 14.8. The first-order chi connectivity index (χ1) is 9.97. The van der Waals surface area contributed by atoms with Crippen LogP contribution in [0.5, 0.6) is 5.75 Å². The Bertz CT molecular complexity index is 489. The van der Waals surface area contributed by atoms with Gasteiger partial charge in [-0.3, -0.25) is 9.80 Å². The molecule has 116 valence electrons. The van der Waals surface area contributed by atoms with E-state index in [-0.39, 0.29) is 11.6 Å². The quantitative estimate of drug-likeness (QED) is 0.857. The second kappa shape index (κ2) is 5.59. The average molecular weight is 289 g/mol. The minimum Gasteiger partial charge on any atom is -0.492 e. The van der Waals surface area contributed by atoms with E-state index in [1.54, 1.807) is 0 Å². The number of para-hydroxylation sites is 1. The molecule has 4 nitrogen and oxygen atoms in total. The molecule has 2 atom stereocenters. The van der Waals surface area contributed by atoms with E-state index < -0.39 is 0 Å². The summed E-state index contributed by atoms with van der Waals surface area (Å²) >= 11 is 0. The number of fused-ring (bicyclic) bond motifs is 1. The molecule has 1 saturated heterocycles. The molecule has 0 aliphatic carbocycles. The van der Waals surface area contributed by atoms with Crippen LogP contribution in [0.25, 0.3) is 0 Å². The molecule has 2 aliphatic heterocycles. The van der Waals surface area contributed by atoms with Gasteiger partial charge in [0.25, 0.3) is 0 Å². The van der Waals surface area contributed by atoms with Crippen LogP contribution >= 0.6 is 0 Å². The van der Waals surface area contributed by atoms with Gasteiger partial charge in [-0.1, -0.05) is 18.2 Å². The molecule has 0 saturated carbocycles. The molecule has 1 fully saturated rings. The molecule has 1 aromatic carbocycles. The van der Waals surface area contributed by atoms with E-state index in [1.165, 1.54) is 0 Å². The molecular formula is C17H27N3O. The summed E-state index contributed by atoms with van der Waals surface area (Å²) in [5.41, 5.74) is 7.91. The molecule has 2 aliphatic rings. The third kappa shape index (κ3) is 2.93. The molecule has 21 heavy (non-hydrogen) atoms. The normalized spacial score (nSPS) is 28.0. The maximum Gasteiger partial charge on any atom is 0.124 e.